The van der Waals surface area contributed by atoms with Crippen molar-refractivity contribution < 1.29 is 4.79 Å². The summed E-state index contributed by atoms with van der Waals surface area (Å²) in [6, 6.07) is 5.91. The van der Waals surface area contributed by atoms with Crippen LogP contribution >= 0.6 is 0 Å². The zero-order chi connectivity index (χ0) is 12.5. The highest BCUT2D eigenvalue weighted by molar-refractivity contribution is 5.95. The molecule has 18 heavy (non-hydrogen) atoms. The molecule has 1 amide bonds. The third kappa shape index (κ3) is 2.09. The molecular weight excluding hydrogens is 224 g/mol. The van der Waals surface area contributed by atoms with Crippen molar-refractivity contribution in [3.8, 4) is 0 Å². The van der Waals surface area contributed by atoms with Gasteiger partial charge in [-0.15, -0.1) is 0 Å². The van der Waals surface area contributed by atoms with Crippen molar-refractivity contribution in [1.29, 1.82) is 0 Å². The maximum Gasteiger partial charge on any atom is 0.227 e. The molecule has 3 nitrogen and oxygen atoms in total. The van der Waals surface area contributed by atoms with Crippen LogP contribution in [0.2, 0.25) is 0 Å². The Bertz CT molecular complexity index is 466. The molecule has 1 aromatic carbocycles. The van der Waals surface area contributed by atoms with E-state index < -0.39 is 0 Å². The second-order valence-corrected chi connectivity index (χ2v) is 5.54. The second kappa shape index (κ2) is 4.63. The van der Waals surface area contributed by atoms with Crippen LogP contribution in [0.4, 0.5) is 11.4 Å². The minimum absolute atomic E-state index is 0.297. The quantitative estimate of drug-likeness (QED) is 0.813. The van der Waals surface area contributed by atoms with Crippen molar-refractivity contribution in [2.75, 3.05) is 17.2 Å². The fourth-order valence-electron chi connectivity index (χ4n) is 2.93. The molecule has 3 rings (SSSR count). The summed E-state index contributed by atoms with van der Waals surface area (Å²) in [5.41, 5.74) is 8.91. The molecule has 1 aliphatic heterocycles. The van der Waals surface area contributed by atoms with Crippen LogP contribution in [-0.2, 0) is 11.2 Å². The molecule has 0 saturated heterocycles. The van der Waals surface area contributed by atoms with E-state index in [1.54, 1.807) is 0 Å². The molecule has 2 N–H and O–H groups in total. The number of benzene rings is 1. The predicted molar refractivity (Wildman–Crippen MR) is 73.5 cm³/mol. The largest absolute Gasteiger partial charge is 0.399 e. The Balaban J connectivity index is 1.79. The van der Waals surface area contributed by atoms with Gasteiger partial charge in [0.15, 0.2) is 0 Å². The van der Waals surface area contributed by atoms with E-state index in [9.17, 15) is 4.79 Å². The van der Waals surface area contributed by atoms with E-state index in [-0.39, 0.29) is 0 Å². The van der Waals surface area contributed by atoms with Gasteiger partial charge in [0.2, 0.25) is 5.91 Å². The highest BCUT2D eigenvalue weighted by atomic mass is 16.2. The summed E-state index contributed by atoms with van der Waals surface area (Å²) in [4.78, 5) is 14.3. The highest BCUT2D eigenvalue weighted by Gasteiger charge is 2.27. The molecule has 1 aliphatic carbocycles. The van der Waals surface area contributed by atoms with Crippen molar-refractivity contribution >= 4 is 17.3 Å². The Kier molecular flexibility index (Phi) is 2.98. The van der Waals surface area contributed by atoms with E-state index in [1.807, 2.05) is 23.1 Å². The van der Waals surface area contributed by atoms with Gasteiger partial charge in [-0.05, 0) is 55.4 Å². The summed E-state index contributed by atoms with van der Waals surface area (Å²) < 4.78 is 0. The van der Waals surface area contributed by atoms with Gasteiger partial charge in [-0.1, -0.05) is 6.42 Å². The molecule has 96 valence electrons. The molecule has 0 spiro atoms. The summed E-state index contributed by atoms with van der Waals surface area (Å²) >= 11 is 0. The average Bonchev–Trinajstić information content (AvgIpc) is 2.32. The number of carbonyl (C=O) groups excluding carboxylic acids is 1. The van der Waals surface area contributed by atoms with Crippen LogP contribution in [0.1, 0.15) is 37.7 Å². The Morgan fingerprint density at radius 1 is 1.33 bits per heavy atom. The number of aryl methyl sites for hydroxylation is 1. The number of nitrogens with zero attached hydrogens (tertiary/aromatic N) is 1. The van der Waals surface area contributed by atoms with Crippen LogP contribution in [0, 0.1) is 5.92 Å². The van der Waals surface area contributed by atoms with Crippen LogP contribution in [0.5, 0.6) is 0 Å². The zero-order valence-electron chi connectivity index (χ0n) is 10.7. The number of anilines is 2. The smallest absolute Gasteiger partial charge is 0.227 e. The first-order chi connectivity index (χ1) is 8.74. The molecule has 0 bridgehead atoms. The fraction of sp³-hybridized carbons (Fsp3) is 0.533. The monoisotopic (exact) mass is 244 g/mol. The average molecular weight is 244 g/mol. The topological polar surface area (TPSA) is 46.3 Å². The number of hydrogen-bond acceptors (Lipinski definition) is 2. The lowest BCUT2D eigenvalue weighted by molar-refractivity contribution is -0.120. The Hall–Kier alpha value is -1.51. The minimum atomic E-state index is 0.297. The molecule has 0 aromatic heterocycles. The van der Waals surface area contributed by atoms with Gasteiger partial charge >= 0.3 is 0 Å². The summed E-state index contributed by atoms with van der Waals surface area (Å²) in [5.74, 6) is 0.932. The number of carbonyl (C=O) groups is 1. The van der Waals surface area contributed by atoms with Gasteiger partial charge in [-0.2, -0.15) is 0 Å². The van der Waals surface area contributed by atoms with E-state index in [0.29, 0.717) is 11.8 Å². The molecule has 0 radical (unpaired) electrons. The predicted octanol–water partition coefficient (Wildman–Crippen LogP) is 2.74. The van der Waals surface area contributed by atoms with Crippen molar-refractivity contribution in [3.63, 3.8) is 0 Å². The maximum atomic E-state index is 12.3. The molecule has 0 unspecified atom stereocenters. The number of nitrogen functional groups attached to an aromatic ring is 1. The van der Waals surface area contributed by atoms with Crippen molar-refractivity contribution in [2.24, 2.45) is 5.92 Å². The summed E-state index contributed by atoms with van der Waals surface area (Å²) in [6.45, 7) is 0.864. The van der Waals surface area contributed by atoms with Crippen molar-refractivity contribution in [1.82, 2.24) is 0 Å². The van der Waals surface area contributed by atoms with Crippen LogP contribution in [0.3, 0.4) is 0 Å². The molecule has 2 aliphatic rings. The molecule has 0 atom stereocenters. The first-order valence-electron chi connectivity index (χ1n) is 6.93. The SMILES string of the molecule is Nc1ccc2c(c1)CCCN2C(=O)CC1CCC1. The number of hydrogen-bond donors (Lipinski definition) is 1. The Morgan fingerprint density at radius 2 is 2.17 bits per heavy atom. The standard InChI is InChI=1S/C15H20N2O/c16-13-6-7-14-12(10-13)5-2-8-17(14)15(18)9-11-3-1-4-11/h6-7,10-11H,1-5,8-9,16H2. The van der Waals surface area contributed by atoms with Crippen molar-refractivity contribution in [3.05, 3.63) is 23.8 Å². The van der Waals surface area contributed by atoms with E-state index in [0.717, 1.165) is 37.2 Å². The van der Waals surface area contributed by atoms with E-state index >= 15 is 0 Å². The van der Waals surface area contributed by atoms with Gasteiger partial charge in [0.25, 0.3) is 0 Å². The van der Waals surface area contributed by atoms with Gasteiger partial charge < -0.3 is 10.6 Å². The third-order valence-corrected chi connectivity index (χ3v) is 4.21. The van der Waals surface area contributed by atoms with Gasteiger partial charge in [0.1, 0.15) is 0 Å². The van der Waals surface area contributed by atoms with E-state index in [2.05, 4.69) is 0 Å². The molecule has 1 aromatic rings. The lowest BCUT2D eigenvalue weighted by Gasteiger charge is -2.32. The van der Waals surface area contributed by atoms with E-state index in [1.165, 1.54) is 24.8 Å². The molecular formula is C15H20N2O. The van der Waals surface area contributed by atoms with Gasteiger partial charge in [-0.25, -0.2) is 0 Å². The number of fused-ring (bicyclic) bond motifs is 1. The van der Waals surface area contributed by atoms with Gasteiger partial charge in [0.05, 0.1) is 0 Å². The van der Waals surface area contributed by atoms with Gasteiger partial charge in [0, 0.05) is 24.3 Å². The highest BCUT2D eigenvalue weighted by Crippen LogP contribution is 2.33. The first-order valence-corrected chi connectivity index (χ1v) is 6.93. The zero-order valence-corrected chi connectivity index (χ0v) is 10.7. The lowest BCUT2D eigenvalue weighted by atomic mass is 9.82. The van der Waals surface area contributed by atoms with Crippen LogP contribution in [0.15, 0.2) is 18.2 Å². The molecule has 1 heterocycles. The lowest BCUT2D eigenvalue weighted by Crippen LogP contribution is -2.37. The third-order valence-electron chi connectivity index (χ3n) is 4.21. The minimum Gasteiger partial charge on any atom is -0.399 e. The normalized spacial score (nSPS) is 19.2. The van der Waals surface area contributed by atoms with Crippen LogP contribution in [0.25, 0.3) is 0 Å². The number of nitrogens with two attached hydrogens (primary N) is 1. The molecule has 3 heteroatoms. The number of rotatable bonds is 2. The Labute approximate surface area is 108 Å². The number of amides is 1. The van der Waals surface area contributed by atoms with Gasteiger partial charge in [-0.3, -0.25) is 4.79 Å². The molecule has 1 fully saturated rings. The van der Waals surface area contributed by atoms with Crippen molar-refractivity contribution in [2.45, 2.75) is 38.5 Å². The molecule has 1 saturated carbocycles. The summed E-state index contributed by atoms with van der Waals surface area (Å²) in [5, 5.41) is 0. The van der Waals surface area contributed by atoms with Crippen LogP contribution < -0.4 is 10.6 Å². The fourth-order valence-corrected chi connectivity index (χ4v) is 2.93. The van der Waals surface area contributed by atoms with Crippen LogP contribution in [-0.4, -0.2) is 12.5 Å². The summed E-state index contributed by atoms with van der Waals surface area (Å²) in [6.07, 6.45) is 6.57. The Morgan fingerprint density at radius 3 is 2.89 bits per heavy atom. The summed E-state index contributed by atoms with van der Waals surface area (Å²) in [7, 11) is 0. The first kappa shape index (κ1) is 11.6. The maximum absolute atomic E-state index is 12.3. The second-order valence-electron chi connectivity index (χ2n) is 5.54. The van der Waals surface area contributed by atoms with E-state index in [4.69, 9.17) is 5.73 Å².